The summed E-state index contributed by atoms with van der Waals surface area (Å²) in [5, 5.41) is 14.4. The molecule has 0 saturated heterocycles. The number of nitrogens with two attached hydrogens (primary N) is 1. The number of rotatable bonds is 4. The van der Waals surface area contributed by atoms with Gasteiger partial charge in [-0.05, 0) is 24.7 Å². The van der Waals surface area contributed by atoms with Gasteiger partial charge in [-0.15, -0.1) is 0 Å². The van der Waals surface area contributed by atoms with E-state index in [0.29, 0.717) is 11.6 Å². The second kappa shape index (κ2) is 5.17. The summed E-state index contributed by atoms with van der Waals surface area (Å²) in [6.45, 7) is 5.71. The Balaban J connectivity index is 2.30. The van der Waals surface area contributed by atoms with Crippen LogP contribution in [0.25, 0.3) is 0 Å². The van der Waals surface area contributed by atoms with Gasteiger partial charge in [-0.1, -0.05) is 20.8 Å². The fraction of sp³-hybridized carbons (Fsp3) is 0.667. The first kappa shape index (κ1) is 15.0. The van der Waals surface area contributed by atoms with E-state index in [1.54, 1.807) is 13.8 Å². The minimum Gasteiger partial charge on any atom is -0.348 e. The van der Waals surface area contributed by atoms with Crippen molar-refractivity contribution in [2.75, 3.05) is 0 Å². The Bertz CT molecular complexity index is 615. The summed E-state index contributed by atoms with van der Waals surface area (Å²) in [5.74, 6) is -0.0291. The minimum atomic E-state index is -4.00. The van der Waals surface area contributed by atoms with Crippen molar-refractivity contribution in [2.24, 2.45) is 11.1 Å². The lowest BCUT2D eigenvalue weighted by Gasteiger charge is -2.33. The van der Waals surface area contributed by atoms with Gasteiger partial charge < -0.3 is 5.32 Å². The number of nitrogens with zero attached hydrogens (tertiary/aromatic N) is 1. The van der Waals surface area contributed by atoms with Crippen LogP contribution in [0.4, 0.5) is 0 Å². The summed E-state index contributed by atoms with van der Waals surface area (Å²) in [6.07, 6.45) is 1.80. The van der Waals surface area contributed by atoms with Crippen LogP contribution < -0.4 is 10.5 Å². The molecule has 1 heterocycles. The van der Waals surface area contributed by atoms with Crippen molar-refractivity contribution in [1.82, 2.24) is 15.5 Å². The summed E-state index contributed by atoms with van der Waals surface area (Å²) >= 11 is 0. The highest BCUT2D eigenvalue weighted by atomic mass is 32.2. The summed E-state index contributed by atoms with van der Waals surface area (Å²) in [7, 11) is -4.00. The number of aromatic amines is 1. The van der Waals surface area contributed by atoms with Gasteiger partial charge in [0, 0.05) is 6.04 Å². The molecule has 1 aliphatic carbocycles. The Kier molecular flexibility index (Phi) is 3.88. The molecule has 7 nitrogen and oxygen atoms in total. The quantitative estimate of drug-likeness (QED) is 0.758. The first-order valence-electron chi connectivity index (χ1n) is 6.62. The van der Waals surface area contributed by atoms with Gasteiger partial charge in [0.15, 0.2) is 5.69 Å². The number of carbonyl (C=O) groups is 1. The monoisotopic (exact) mass is 300 g/mol. The van der Waals surface area contributed by atoms with Crippen LogP contribution in [0.5, 0.6) is 0 Å². The molecule has 0 unspecified atom stereocenters. The topological polar surface area (TPSA) is 118 Å². The van der Waals surface area contributed by atoms with Crippen molar-refractivity contribution in [1.29, 1.82) is 0 Å². The van der Waals surface area contributed by atoms with E-state index in [9.17, 15) is 13.2 Å². The molecule has 1 aliphatic rings. The normalized spacial score (nSPS) is 22.6. The fourth-order valence-electron chi connectivity index (χ4n) is 2.45. The average Bonchev–Trinajstić information content (AvgIpc) is 2.70. The van der Waals surface area contributed by atoms with E-state index < -0.39 is 15.9 Å². The molecule has 0 aromatic carbocycles. The predicted molar refractivity (Wildman–Crippen MR) is 73.7 cm³/mol. The SMILES string of the molecule is CC1CC(NC(=O)c2n[nH]c(C(C)C)c2S(N)(=O)=O)C1. The van der Waals surface area contributed by atoms with E-state index in [2.05, 4.69) is 22.4 Å². The number of amides is 1. The van der Waals surface area contributed by atoms with Crippen LogP contribution in [-0.2, 0) is 10.0 Å². The molecule has 0 aliphatic heterocycles. The van der Waals surface area contributed by atoms with E-state index in [-0.39, 0.29) is 22.5 Å². The van der Waals surface area contributed by atoms with Gasteiger partial charge in [-0.2, -0.15) is 5.10 Å². The molecule has 0 spiro atoms. The zero-order valence-corrected chi connectivity index (χ0v) is 12.6. The highest BCUT2D eigenvalue weighted by Gasteiger charge is 2.32. The maximum atomic E-state index is 12.1. The molecule has 1 fully saturated rings. The third-order valence-electron chi connectivity index (χ3n) is 3.53. The molecular weight excluding hydrogens is 280 g/mol. The summed E-state index contributed by atoms with van der Waals surface area (Å²) in [4.78, 5) is 11.9. The molecule has 4 N–H and O–H groups in total. The maximum Gasteiger partial charge on any atom is 0.273 e. The fourth-order valence-corrected chi connectivity index (χ4v) is 3.45. The van der Waals surface area contributed by atoms with Crippen LogP contribution in [0.1, 0.15) is 55.7 Å². The zero-order chi connectivity index (χ0) is 15.1. The third kappa shape index (κ3) is 2.85. The van der Waals surface area contributed by atoms with Gasteiger partial charge >= 0.3 is 0 Å². The smallest absolute Gasteiger partial charge is 0.273 e. The van der Waals surface area contributed by atoms with E-state index in [1.165, 1.54) is 0 Å². The average molecular weight is 300 g/mol. The van der Waals surface area contributed by atoms with Gasteiger partial charge in [0.25, 0.3) is 5.91 Å². The van der Waals surface area contributed by atoms with Crippen molar-refractivity contribution in [2.45, 2.75) is 50.5 Å². The number of hydrogen-bond acceptors (Lipinski definition) is 4. The van der Waals surface area contributed by atoms with E-state index >= 15 is 0 Å². The van der Waals surface area contributed by atoms with Crippen molar-refractivity contribution in [3.8, 4) is 0 Å². The summed E-state index contributed by atoms with van der Waals surface area (Å²) < 4.78 is 23.4. The number of hydrogen-bond donors (Lipinski definition) is 3. The van der Waals surface area contributed by atoms with Gasteiger partial charge in [-0.25, -0.2) is 13.6 Å². The third-order valence-corrected chi connectivity index (χ3v) is 4.52. The van der Waals surface area contributed by atoms with E-state index in [1.807, 2.05) is 0 Å². The zero-order valence-electron chi connectivity index (χ0n) is 11.8. The van der Waals surface area contributed by atoms with E-state index in [4.69, 9.17) is 5.14 Å². The largest absolute Gasteiger partial charge is 0.348 e. The first-order valence-corrected chi connectivity index (χ1v) is 8.16. The molecule has 112 valence electrons. The Hall–Kier alpha value is -1.41. The number of primary sulfonamides is 1. The molecular formula is C12H20N4O3S. The van der Waals surface area contributed by atoms with Gasteiger partial charge in [0.2, 0.25) is 10.0 Å². The molecule has 0 bridgehead atoms. The second-order valence-corrected chi connectivity index (χ2v) is 7.26. The molecule has 20 heavy (non-hydrogen) atoms. The van der Waals surface area contributed by atoms with Crippen molar-refractivity contribution >= 4 is 15.9 Å². The summed E-state index contributed by atoms with van der Waals surface area (Å²) in [6, 6.07) is 0.0880. The standard InChI is InChI=1S/C12H20N4O3S/c1-6(2)9-11(20(13,18)19)10(16-15-9)12(17)14-8-4-7(3)5-8/h6-8H,4-5H2,1-3H3,(H,14,17)(H,15,16)(H2,13,18,19). The lowest BCUT2D eigenvalue weighted by atomic mass is 9.82. The number of sulfonamides is 1. The van der Waals surface area contributed by atoms with E-state index in [0.717, 1.165) is 12.8 Å². The highest BCUT2D eigenvalue weighted by molar-refractivity contribution is 7.89. The number of carbonyl (C=O) groups excluding carboxylic acids is 1. The molecule has 1 amide bonds. The van der Waals surface area contributed by atoms with Gasteiger partial charge in [0.1, 0.15) is 4.90 Å². The minimum absolute atomic E-state index is 0.0880. The number of aromatic nitrogens is 2. The first-order chi connectivity index (χ1) is 9.20. The molecule has 0 atom stereocenters. The van der Waals surface area contributed by atoms with Crippen LogP contribution in [0.3, 0.4) is 0 Å². The van der Waals surface area contributed by atoms with Crippen molar-refractivity contribution < 1.29 is 13.2 Å². The molecule has 1 aromatic rings. The lowest BCUT2D eigenvalue weighted by Crippen LogP contribution is -2.44. The highest BCUT2D eigenvalue weighted by Crippen LogP contribution is 2.28. The Morgan fingerprint density at radius 1 is 1.45 bits per heavy atom. The second-order valence-electron chi connectivity index (χ2n) is 5.76. The molecule has 2 rings (SSSR count). The van der Waals surface area contributed by atoms with Crippen molar-refractivity contribution in [3.63, 3.8) is 0 Å². The van der Waals surface area contributed by atoms with Crippen molar-refractivity contribution in [3.05, 3.63) is 11.4 Å². The van der Waals surface area contributed by atoms with Crippen LogP contribution in [0.15, 0.2) is 4.90 Å². The molecule has 1 saturated carbocycles. The van der Waals surface area contributed by atoms with Crippen LogP contribution >= 0.6 is 0 Å². The predicted octanol–water partition coefficient (Wildman–Crippen LogP) is 0.709. The van der Waals surface area contributed by atoms with Crippen LogP contribution in [-0.4, -0.2) is 30.6 Å². The molecule has 1 aromatic heterocycles. The van der Waals surface area contributed by atoms with Gasteiger partial charge in [0.05, 0.1) is 5.69 Å². The Morgan fingerprint density at radius 2 is 2.05 bits per heavy atom. The molecule has 0 radical (unpaired) electrons. The summed E-state index contributed by atoms with van der Waals surface area (Å²) in [5.41, 5.74) is 0.218. The number of nitrogens with one attached hydrogen (secondary N) is 2. The molecule has 8 heteroatoms. The Labute approximate surface area is 118 Å². The maximum absolute atomic E-state index is 12.1. The number of H-pyrrole nitrogens is 1. The van der Waals surface area contributed by atoms with Crippen LogP contribution in [0.2, 0.25) is 0 Å². The van der Waals surface area contributed by atoms with Crippen LogP contribution in [0, 0.1) is 5.92 Å². The lowest BCUT2D eigenvalue weighted by molar-refractivity contribution is 0.0887. The van der Waals surface area contributed by atoms with Gasteiger partial charge in [-0.3, -0.25) is 9.89 Å². The Morgan fingerprint density at radius 3 is 2.50 bits per heavy atom.